The molecule has 0 amide bonds. The van der Waals surface area contributed by atoms with Crippen LogP contribution < -0.4 is 10.3 Å². The van der Waals surface area contributed by atoms with Crippen molar-refractivity contribution in [1.82, 2.24) is 23.9 Å². The number of nitrogens with zero attached hydrogens (tertiary/aromatic N) is 4. The summed E-state index contributed by atoms with van der Waals surface area (Å²) in [4.78, 5) is 21.6. The minimum atomic E-state index is -0.199. The fourth-order valence-electron chi connectivity index (χ4n) is 3.63. The van der Waals surface area contributed by atoms with Crippen LogP contribution in [0.1, 0.15) is 52.1 Å². The first-order valence-corrected chi connectivity index (χ1v) is 12.1. The Labute approximate surface area is 193 Å². The molecule has 2 heterocycles. The van der Waals surface area contributed by atoms with E-state index >= 15 is 0 Å². The van der Waals surface area contributed by atoms with Crippen molar-refractivity contribution >= 4 is 17.5 Å². The first-order chi connectivity index (χ1) is 15.6. The standard InChI is InChI=1S/C23H33N5O3S/c1-5-9-20-24-18(7-3)21-23(30)25-22(26-28(20)21)17-15-16(10-11-19(17)31-8-4)32-27(12-6-2)13-14-29/h10-11,15,29H,5-9,12-14H2,1-4H3,(H,25,26,30). The van der Waals surface area contributed by atoms with Gasteiger partial charge in [-0.2, -0.15) is 0 Å². The predicted molar refractivity (Wildman–Crippen MR) is 128 cm³/mol. The number of aryl methyl sites for hydroxylation is 2. The fraction of sp³-hybridized carbons (Fsp3) is 0.522. The van der Waals surface area contributed by atoms with Crippen LogP contribution in [0, 0.1) is 0 Å². The molecule has 9 heteroatoms. The third-order valence-corrected chi connectivity index (χ3v) is 6.10. The summed E-state index contributed by atoms with van der Waals surface area (Å²) in [5.41, 5.74) is 1.81. The number of aromatic amines is 1. The minimum absolute atomic E-state index is 0.100. The van der Waals surface area contributed by atoms with Crippen LogP contribution in [-0.4, -0.2) is 55.3 Å². The van der Waals surface area contributed by atoms with Crippen LogP contribution in [0.25, 0.3) is 16.9 Å². The average Bonchev–Trinajstić information content (AvgIpc) is 3.14. The zero-order chi connectivity index (χ0) is 23.1. The number of hydrogen-bond donors (Lipinski definition) is 2. The van der Waals surface area contributed by atoms with Crippen LogP contribution >= 0.6 is 11.9 Å². The van der Waals surface area contributed by atoms with E-state index in [1.165, 1.54) is 0 Å². The van der Waals surface area contributed by atoms with Gasteiger partial charge in [-0.1, -0.05) is 20.8 Å². The lowest BCUT2D eigenvalue weighted by Crippen LogP contribution is -2.20. The third-order valence-electron chi connectivity index (χ3n) is 5.01. The van der Waals surface area contributed by atoms with Crippen LogP contribution in [0.3, 0.4) is 0 Å². The Bertz CT molecular complexity index is 1090. The monoisotopic (exact) mass is 459 g/mol. The van der Waals surface area contributed by atoms with Gasteiger partial charge in [0.15, 0.2) is 11.3 Å². The quantitative estimate of drug-likeness (QED) is 0.399. The molecule has 1 aromatic carbocycles. The molecule has 3 rings (SSSR count). The Morgan fingerprint density at radius 3 is 2.66 bits per heavy atom. The Morgan fingerprint density at radius 2 is 2.00 bits per heavy atom. The van der Waals surface area contributed by atoms with E-state index in [1.54, 1.807) is 16.5 Å². The number of aromatic nitrogens is 4. The highest BCUT2D eigenvalue weighted by Gasteiger charge is 2.18. The molecule has 0 aliphatic heterocycles. The number of H-pyrrole nitrogens is 1. The highest BCUT2D eigenvalue weighted by molar-refractivity contribution is 7.97. The summed E-state index contributed by atoms with van der Waals surface area (Å²) in [5.74, 6) is 1.92. The number of benzene rings is 1. The van der Waals surface area contributed by atoms with Gasteiger partial charge in [0.2, 0.25) is 0 Å². The summed E-state index contributed by atoms with van der Waals surface area (Å²) in [7, 11) is 0. The Kier molecular flexibility index (Phi) is 8.72. The molecule has 8 nitrogen and oxygen atoms in total. The molecule has 0 atom stereocenters. The van der Waals surface area contributed by atoms with Crippen molar-refractivity contribution in [1.29, 1.82) is 0 Å². The van der Waals surface area contributed by atoms with E-state index in [-0.39, 0.29) is 12.2 Å². The van der Waals surface area contributed by atoms with Crippen LogP contribution in [0.2, 0.25) is 0 Å². The van der Waals surface area contributed by atoms with E-state index in [9.17, 15) is 9.90 Å². The molecule has 0 radical (unpaired) electrons. The molecule has 0 fully saturated rings. The topological polar surface area (TPSA) is 95.8 Å². The maximum atomic E-state index is 13.0. The van der Waals surface area contributed by atoms with Crippen molar-refractivity contribution in [2.75, 3.05) is 26.3 Å². The molecule has 0 aliphatic carbocycles. The van der Waals surface area contributed by atoms with Gasteiger partial charge in [0.05, 0.1) is 24.5 Å². The van der Waals surface area contributed by atoms with Crippen LogP contribution in [0.5, 0.6) is 5.75 Å². The van der Waals surface area contributed by atoms with Gasteiger partial charge in [-0.25, -0.2) is 13.8 Å². The number of rotatable bonds is 12. The Balaban J connectivity index is 2.12. The molecule has 0 saturated carbocycles. The van der Waals surface area contributed by atoms with Crippen molar-refractivity contribution < 1.29 is 9.84 Å². The van der Waals surface area contributed by atoms with Gasteiger partial charge in [-0.05, 0) is 56.3 Å². The molecule has 0 unspecified atom stereocenters. The van der Waals surface area contributed by atoms with Crippen LogP contribution in [0.4, 0.5) is 0 Å². The maximum Gasteiger partial charge on any atom is 0.277 e. The second-order valence-corrected chi connectivity index (χ2v) is 8.65. The van der Waals surface area contributed by atoms with E-state index in [2.05, 4.69) is 28.1 Å². The van der Waals surface area contributed by atoms with Gasteiger partial charge >= 0.3 is 0 Å². The molecule has 3 aromatic rings. The molecule has 0 aliphatic rings. The molecule has 32 heavy (non-hydrogen) atoms. The van der Waals surface area contributed by atoms with Crippen molar-refractivity contribution in [3.8, 4) is 17.1 Å². The van der Waals surface area contributed by atoms with Crippen molar-refractivity contribution in [3.63, 3.8) is 0 Å². The van der Waals surface area contributed by atoms with Crippen LogP contribution in [-0.2, 0) is 12.8 Å². The zero-order valence-corrected chi connectivity index (χ0v) is 20.2. The summed E-state index contributed by atoms with van der Waals surface area (Å²) >= 11 is 1.58. The van der Waals surface area contributed by atoms with Crippen LogP contribution in [0.15, 0.2) is 27.9 Å². The van der Waals surface area contributed by atoms with Crippen molar-refractivity contribution in [3.05, 3.63) is 40.1 Å². The van der Waals surface area contributed by atoms with E-state index in [4.69, 9.17) is 9.84 Å². The summed E-state index contributed by atoms with van der Waals surface area (Å²) in [6.07, 6.45) is 3.33. The van der Waals surface area contributed by atoms with E-state index < -0.39 is 0 Å². The van der Waals surface area contributed by atoms with E-state index in [1.807, 2.05) is 32.0 Å². The van der Waals surface area contributed by atoms with E-state index in [0.717, 1.165) is 47.8 Å². The minimum Gasteiger partial charge on any atom is -0.493 e. The predicted octanol–water partition coefficient (Wildman–Crippen LogP) is 3.71. The Morgan fingerprint density at radius 1 is 1.19 bits per heavy atom. The number of fused-ring (bicyclic) bond motifs is 1. The zero-order valence-electron chi connectivity index (χ0n) is 19.3. The SMILES string of the molecule is CCCc1nc(CC)c2c(=O)[nH]c(-c3cc(SN(CCC)CCO)ccc3OCC)nn12. The largest absolute Gasteiger partial charge is 0.493 e. The van der Waals surface area contributed by atoms with E-state index in [0.29, 0.717) is 36.7 Å². The summed E-state index contributed by atoms with van der Waals surface area (Å²) in [6, 6.07) is 5.88. The lowest BCUT2D eigenvalue weighted by molar-refractivity contribution is 0.262. The second-order valence-electron chi connectivity index (χ2n) is 7.48. The van der Waals surface area contributed by atoms with Gasteiger partial charge in [-0.3, -0.25) is 4.79 Å². The van der Waals surface area contributed by atoms with Gasteiger partial charge in [0.25, 0.3) is 5.56 Å². The van der Waals surface area contributed by atoms with Crippen molar-refractivity contribution in [2.45, 2.75) is 58.3 Å². The molecule has 0 bridgehead atoms. The number of aliphatic hydroxyl groups excluding tert-OH is 1. The van der Waals surface area contributed by atoms with Gasteiger partial charge in [-0.15, -0.1) is 5.10 Å². The maximum absolute atomic E-state index is 13.0. The van der Waals surface area contributed by atoms with Crippen molar-refractivity contribution in [2.24, 2.45) is 0 Å². The molecular weight excluding hydrogens is 426 g/mol. The first-order valence-electron chi connectivity index (χ1n) is 11.4. The normalized spacial score (nSPS) is 11.6. The third kappa shape index (κ3) is 5.33. The number of aliphatic hydroxyl groups is 1. The lowest BCUT2D eigenvalue weighted by Gasteiger charge is -2.20. The average molecular weight is 460 g/mol. The smallest absolute Gasteiger partial charge is 0.277 e. The highest BCUT2D eigenvalue weighted by atomic mass is 32.2. The summed E-state index contributed by atoms with van der Waals surface area (Å²) in [6.45, 7) is 10.2. The number of nitrogens with one attached hydrogen (secondary N) is 1. The number of hydrogen-bond acceptors (Lipinski definition) is 7. The number of ether oxygens (including phenoxy) is 1. The molecule has 0 saturated heterocycles. The molecule has 174 valence electrons. The highest BCUT2D eigenvalue weighted by Crippen LogP contribution is 2.33. The molecular formula is C23H33N5O3S. The van der Waals surface area contributed by atoms with Gasteiger partial charge in [0.1, 0.15) is 11.6 Å². The second kappa shape index (κ2) is 11.5. The summed E-state index contributed by atoms with van der Waals surface area (Å²) < 4.78 is 9.67. The van der Waals surface area contributed by atoms with Gasteiger partial charge in [0, 0.05) is 24.4 Å². The summed E-state index contributed by atoms with van der Waals surface area (Å²) in [5, 5.41) is 14.2. The molecule has 2 N–H and O–H groups in total. The molecule has 0 spiro atoms. The number of imidazole rings is 1. The fourth-order valence-corrected chi connectivity index (χ4v) is 4.68. The molecule has 2 aromatic heterocycles. The first kappa shape index (κ1) is 24.3. The van der Waals surface area contributed by atoms with Gasteiger partial charge < -0.3 is 14.8 Å². The Hall–Kier alpha value is -2.36. The lowest BCUT2D eigenvalue weighted by atomic mass is 10.2.